The first kappa shape index (κ1) is 20.7. The van der Waals surface area contributed by atoms with Crippen LogP contribution in [0.5, 0.6) is 11.5 Å². The third-order valence-corrected chi connectivity index (χ3v) is 5.08. The van der Waals surface area contributed by atoms with Crippen LogP contribution in [0.2, 0.25) is 0 Å². The molecule has 2 aromatic rings. The maximum Gasteiger partial charge on any atom is 0.344 e. The number of nitrogens with two attached hydrogens (primary N) is 1. The van der Waals surface area contributed by atoms with Crippen molar-refractivity contribution in [2.45, 2.75) is 38.9 Å². The van der Waals surface area contributed by atoms with Crippen LogP contribution in [0.15, 0.2) is 29.6 Å². The average molecular weight is 418 g/mol. The Balaban J connectivity index is 1.54. The molecule has 0 bridgehead atoms. The number of ether oxygens (including phenoxy) is 3. The van der Waals surface area contributed by atoms with E-state index in [9.17, 15) is 14.4 Å². The number of hydrogen-bond acceptors (Lipinski definition) is 7. The van der Waals surface area contributed by atoms with E-state index in [0.717, 1.165) is 23.3 Å². The number of para-hydroxylation sites is 1. The van der Waals surface area contributed by atoms with E-state index in [1.54, 1.807) is 11.4 Å². The van der Waals surface area contributed by atoms with Crippen LogP contribution in [0.3, 0.4) is 0 Å². The van der Waals surface area contributed by atoms with Crippen molar-refractivity contribution >= 4 is 34.1 Å². The van der Waals surface area contributed by atoms with Gasteiger partial charge in [-0.15, -0.1) is 11.3 Å². The van der Waals surface area contributed by atoms with E-state index < -0.39 is 23.9 Å². The number of esters is 1. The summed E-state index contributed by atoms with van der Waals surface area (Å²) in [5.74, 6) is -0.863. The lowest BCUT2D eigenvalue weighted by Crippen LogP contribution is -2.32. The number of amides is 2. The van der Waals surface area contributed by atoms with Crippen molar-refractivity contribution < 1.29 is 28.6 Å². The van der Waals surface area contributed by atoms with Crippen LogP contribution >= 0.6 is 11.3 Å². The zero-order chi connectivity index (χ0) is 21.2. The van der Waals surface area contributed by atoms with Crippen LogP contribution < -0.4 is 20.5 Å². The molecule has 3 N–H and O–H groups in total. The molecule has 8 nitrogen and oxygen atoms in total. The van der Waals surface area contributed by atoms with E-state index in [4.69, 9.17) is 19.9 Å². The number of benzene rings is 1. The molecule has 0 fully saturated rings. The van der Waals surface area contributed by atoms with Gasteiger partial charge in [-0.25, -0.2) is 4.79 Å². The Morgan fingerprint density at radius 1 is 1.31 bits per heavy atom. The first-order valence-corrected chi connectivity index (χ1v) is 9.85. The minimum absolute atomic E-state index is 0.200. The van der Waals surface area contributed by atoms with E-state index in [0.29, 0.717) is 16.5 Å². The van der Waals surface area contributed by atoms with Gasteiger partial charge in [0.1, 0.15) is 10.6 Å². The molecule has 1 aromatic heterocycles. The number of carbonyl (C=O) groups excluding carboxylic acids is 3. The van der Waals surface area contributed by atoms with Crippen molar-refractivity contribution in [2.75, 3.05) is 11.9 Å². The largest absolute Gasteiger partial charge is 0.483 e. The van der Waals surface area contributed by atoms with Crippen molar-refractivity contribution in [1.29, 1.82) is 0 Å². The van der Waals surface area contributed by atoms with Gasteiger partial charge in [-0.1, -0.05) is 12.1 Å². The maximum absolute atomic E-state index is 12.2. The minimum Gasteiger partial charge on any atom is -0.483 e. The van der Waals surface area contributed by atoms with Crippen LogP contribution in [0.4, 0.5) is 5.00 Å². The molecule has 0 radical (unpaired) electrons. The smallest absolute Gasteiger partial charge is 0.344 e. The number of rotatable bonds is 7. The van der Waals surface area contributed by atoms with Crippen molar-refractivity contribution in [2.24, 2.45) is 5.73 Å². The van der Waals surface area contributed by atoms with Crippen molar-refractivity contribution in [3.05, 3.63) is 40.8 Å². The molecule has 0 spiro atoms. The Morgan fingerprint density at radius 3 is 2.79 bits per heavy atom. The Kier molecular flexibility index (Phi) is 5.78. The summed E-state index contributed by atoms with van der Waals surface area (Å²) in [7, 11) is 0. The minimum atomic E-state index is -1.08. The lowest BCUT2D eigenvalue weighted by atomic mass is 10.0. The molecule has 1 aliphatic rings. The SMILES string of the molecule is C[C@@H](OC(=O)COc1cccc2c1OC(C)(C)C2)C(=O)Nc1sccc1C(N)=O. The molecular weight excluding hydrogens is 396 g/mol. The van der Waals surface area contributed by atoms with Crippen LogP contribution in [0.1, 0.15) is 36.7 Å². The highest BCUT2D eigenvalue weighted by atomic mass is 32.1. The number of nitrogens with one attached hydrogen (secondary N) is 1. The van der Waals surface area contributed by atoms with Gasteiger partial charge < -0.3 is 25.3 Å². The highest BCUT2D eigenvalue weighted by Gasteiger charge is 2.32. The zero-order valence-corrected chi connectivity index (χ0v) is 17.1. The summed E-state index contributed by atoms with van der Waals surface area (Å²) in [5, 5.41) is 4.47. The molecule has 0 unspecified atom stereocenters. The third kappa shape index (κ3) is 4.86. The second-order valence-corrected chi connectivity index (χ2v) is 8.14. The summed E-state index contributed by atoms with van der Waals surface area (Å²) in [6.45, 7) is 5.01. The van der Waals surface area contributed by atoms with E-state index in [-0.39, 0.29) is 17.8 Å². The molecule has 1 aliphatic heterocycles. The van der Waals surface area contributed by atoms with Gasteiger partial charge in [0, 0.05) is 12.0 Å². The molecule has 0 aliphatic carbocycles. The average Bonchev–Trinajstić information content (AvgIpc) is 3.22. The third-order valence-electron chi connectivity index (χ3n) is 4.25. The Morgan fingerprint density at radius 2 is 2.07 bits per heavy atom. The van der Waals surface area contributed by atoms with Crippen molar-refractivity contribution in [3.63, 3.8) is 0 Å². The van der Waals surface area contributed by atoms with E-state index in [1.165, 1.54) is 13.0 Å². The quantitative estimate of drug-likeness (QED) is 0.667. The molecule has 3 rings (SSSR count). The molecule has 0 saturated carbocycles. The van der Waals surface area contributed by atoms with Crippen LogP contribution in [0, 0.1) is 0 Å². The molecule has 0 saturated heterocycles. The van der Waals surface area contributed by atoms with E-state index in [2.05, 4.69) is 5.32 Å². The van der Waals surface area contributed by atoms with E-state index >= 15 is 0 Å². The number of hydrogen-bond donors (Lipinski definition) is 2. The zero-order valence-electron chi connectivity index (χ0n) is 16.3. The molecule has 2 heterocycles. The highest BCUT2D eigenvalue weighted by molar-refractivity contribution is 7.14. The van der Waals surface area contributed by atoms with Gasteiger partial charge in [-0.2, -0.15) is 0 Å². The fourth-order valence-corrected chi connectivity index (χ4v) is 3.73. The van der Waals surface area contributed by atoms with Gasteiger partial charge in [-0.3, -0.25) is 9.59 Å². The number of anilines is 1. The molecule has 29 heavy (non-hydrogen) atoms. The Hall–Kier alpha value is -3.07. The first-order valence-electron chi connectivity index (χ1n) is 8.97. The van der Waals surface area contributed by atoms with Crippen LogP contribution in [0.25, 0.3) is 0 Å². The summed E-state index contributed by atoms with van der Waals surface area (Å²) in [6.07, 6.45) is -0.331. The van der Waals surface area contributed by atoms with Gasteiger partial charge in [0.05, 0.1) is 5.56 Å². The Labute approximate surface area is 171 Å². The molecular formula is C20H22N2O6S. The maximum atomic E-state index is 12.2. The lowest BCUT2D eigenvalue weighted by Gasteiger charge is -2.18. The predicted molar refractivity (Wildman–Crippen MR) is 107 cm³/mol. The molecule has 1 atom stereocenters. The lowest BCUT2D eigenvalue weighted by molar-refractivity contribution is -0.155. The highest BCUT2D eigenvalue weighted by Crippen LogP contribution is 2.41. The fourth-order valence-electron chi connectivity index (χ4n) is 2.94. The molecule has 9 heteroatoms. The first-order chi connectivity index (χ1) is 13.7. The number of primary amides is 1. The van der Waals surface area contributed by atoms with Gasteiger partial charge >= 0.3 is 5.97 Å². The summed E-state index contributed by atoms with van der Waals surface area (Å²) in [5.41, 5.74) is 6.12. The summed E-state index contributed by atoms with van der Waals surface area (Å²) in [4.78, 5) is 35.6. The number of thiophene rings is 1. The van der Waals surface area contributed by atoms with Gasteiger partial charge in [0.15, 0.2) is 24.2 Å². The summed E-state index contributed by atoms with van der Waals surface area (Å²) >= 11 is 1.15. The number of carbonyl (C=O) groups is 3. The number of fused-ring (bicyclic) bond motifs is 1. The summed E-state index contributed by atoms with van der Waals surface area (Å²) in [6, 6.07) is 7.00. The van der Waals surface area contributed by atoms with E-state index in [1.807, 2.05) is 26.0 Å². The van der Waals surface area contributed by atoms with Gasteiger partial charge in [-0.05, 0) is 38.3 Å². The van der Waals surface area contributed by atoms with Gasteiger partial charge in [0.25, 0.3) is 11.8 Å². The normalized spacial score (nSPS) is 15.0. The standard InChI is InChI=1S/C20H22N2O6S/c1-11(18(25)22-19-13(17(21)24)7-8-29-19)27-15(23)10-26-14-6-4-5-12-9-20(2,3)28-16(12)14/h4-8,11H,9-10H2,1-3H3,(H2,21,24)(H,22,25)/t11-/m1/s1. The topological polar surface area (TPSA) is 117 Å². The van der Waals surface area contributed by atoms with Crippen molar-refractivity contribution in [1.82, 2.24) is 0 Å². The molecule has 2 amide bonds. The van der Waals surface area contributed by atoms with Crippen LogP contribution in [-0.4, -0.2) is 36.1 Å². The summed E-state index contributed by atoms with van der Waals surface area (Å²) < 4.78 is 16.6. The Bertz CT molecular complexity index is 952. The monoisotopic (exact) mass is 418 g/mol. The van der Waals surface area contributed by atoms with Crippen LogP contribution in [-0.2, 0) is 20.7 Å². The van der Waals surface area contributed by atoms with Gasteiger partial charge in [0.2, 0.25) is 0 Å². The second kappa shape index (κ2) is 8.12. The molecule has 1 aromatic carbocycles. The fraction of sp³-hybridized carbons (Fsp3) is 0.350. The second-order valence-electron chi connectivity index (χ2n) is 7.22. The molecule has 154 valence electrons. The van der Waals surface area contributed by atoms with Crippen molar-refractivity contribution in [3.8, 4) is 11.5 Å². The predicted octanol–water partition coefficient (Wildman–Crippen LogP) is 2.51.